The van der Waals surface area contributed by atoms with Crippen LogP contribution in [0.2, 0.25) is 0 Å². The van der Waals surface area contributed by atoms with E-state index in [1.165, 1.54) is 10.9 Å². The van der Waals surface area contributed by atoms with Gasteiger partial charge in [0.1, 0.15) is 5.69 Å². The highest BCUT2D eigenvalue weighted by Gasteiger charge is 2.30. The minimum Gasteiger partial charge on any atom is -0.396 e. The first-order valence-corrected chi connectivity index (χ1v) is 8.72. The van der Waals surface area contributed by atoms with Gasteiger partial charge >= 0.3 is 0 Å². The monoisotopic (exact) mass is 315 g/mol. The Balaban J connectivity index is 2.17. The molecule has 1 aromatic heterocycles. The lowest BCUT2D eigenvalue weighted by molar-refractivity contribution is 0.0608. The number of aromatic nitrogens is 2. The fourth-order valence-corrected chi connectivity index (χ4v) is 3.08. The van der Waals surface area contributed by atoms with E-state index in [0.29, 0.717) is 17.9 Å². The number of carbonyl (C=O) groups excluding carboxylic acids is 1. The molecule has 1 fully saturated rings. The lowest BCUT2D eigenvalue weighted by atomic mass is 10.0. The molecule has 0 radical (unpaired) electrons. The Hall–Kier alpha value is -1.61. The highest BCUT2D eigenvalue weighted by molar-refractivity contribution is 7.88. The first kappa shape index (κ1) is 15.8. The molecule has 0 aliphatic carbocycles. The standard InChI is InChI=1S/C12H21N5O3S/c1-16-11(10(13)8-14-16)12(18)17-6-4-3-5-9(17)7-15-21(2,19)20/h8-9,15H,3-7,13H2,1-2H3. The third-order valence-electron chi connectivity index (χ3n) is 3.64. The van der Waals surface area contributed by atoms with Gasteiger partial charge in [-0.05, 0) is 19.3 Å². The molecule has 1 aliphatic rings. The Kier molecular flexibility index (Phi) is 4.52. The molecule has 0 aromatic carbocycles. The summed E-state index contributed by atoms with van der Waals surface area (Å²) in [5, 5.41) is 3.98. The summed E-state index contributed by atoms with van der Waals surface area (Å²) in [6.07, 6.45) is 5.20. The molecule has 1 aliphatic heterocycles. The predicted octanol–water partition coefficient (Wildman–Crippen LogP) is -0.454. The van der Waals surface area contributed by atoms with Gasteiger partial charge < -0.3 is 10.6 Å². The average molecular weight is 315 g/mol. The molecule has 3 N–H and O–H groups in total. The van der Waals surface area contributed by atoms with Crippen molar-refractivity contribution < 1.29 is 13.2 Å². The Labute approximate surface area is 124 Å². The molecule has 0 saturated carbocycles. The highest BCUT2D eigenvalue weighted by atomic mass is 32.2. The van der Waals surface area contributed by atoms with Crippen molar-refractivity contribution in [1.82, 2.24) is 19.4 Å². The molecule has 2 heterocycles. The zero-order chi connectivity index (χ0) is 15.6. The maximum absolute atomic E-state index is 12.6. The van der Waals surface area contributed by atoms with Crippen LogP contribution in [0.5, 0.6) is 0 Å². The second-order valence-corrected chi connectivity index (χ2v) is 7.17. The molecule has 21 heavy (non-hydrogen) atoms. The second-order valence-electron chi connectivity index (χ2n) is 5.34. The summed E-state index contributed by atoms with van der Waals surface area (Å²) >= 11 is 0. The maximum Gasteiger partial charge on any atom is 0.274 e. The van der Waals surface area contributed by atoms with Crippen molar-refractivity contribution >= 4 is 21.6 Å². The third-order valence-corrected chi connectivity index (χ3v) is 4.33. The van der Waals surface area contributed by atoms with E-state index in [1.54, 1.807) is 11.9 Å². The third kappa shape index (κ3) is 3.73. The SMILES string of the molecule is Cn1ncc(N)c1C(=O)N1CCCCC1CNS(C)(=O)=O. The molecule has 0 spiro atoms. The summed E-state index contributed by atoms with van der Waals surface area (Å²) in [5.41, 5.74) is 6.48. The van der Waals surface area contributed by atoms with E-state index in [9.17, 15) is 13.2 Å². The molecule has 2 rings (SSSR count). The summed E-state index contributed by atoms with van der Waals surface area (Å²) in [5.74, 6) is -0.201. The fraction of sp³-hybridized carbons (Fsp3) is 0.667. The molecule has 118 valence electrons. The van der Waals surface area contributed by atoms with Crippen molar-refractivity contribution in [3.05, 3.63) is 11.9 Å². The van der Waals surface area contributed by atoms with Crippen molar-refractivity contribution in [2.75, 3.05) is 25.1 Å². The van der Waals surface area contributed by atoms with Gasteiger partial charge in [0.25, 0.3) is 5.91 Å². The largest absolute Gasteiger partial charge is 0.396 e. The molecule has 1 aromatic rings. The molecule has 1 unspecified atom stereocenters. The zero-order valence-electron chi connectivity index (χ0n) is 12.2. The number of hydrogen-bond acceptors (Lipinski definition) is 5. The Morgan fingerprint density at radius 3 is 2.81 bits per heavy atom. The number of nitrogens with one attached hydrogen (secondary N) is 1. The van der Waals surface area contributed by atoms with Gasteiger partial charge in [0.2, 0.25) is 10.0 Å². The maximum atomic E-state index is 12.6. The fourth-order valence-electron chi connectivity index (χ4n) is 2.58. The molecule has 9 heteroatoms. The number of sulfonamides is 1. The topological polar surface area (TPSA) is 110 Å². The van der Waals surface area contributed by atoms with Crippen LogP contribution in [0, 0.1) is 0 Å². The molecule has 1 atom stereocenters. The van der Waals surface area contributed by atoms with Crippen LogP contribution in [-0.2, 0) is 17.1 Å². The van der Waals surface area contributed by atoms with Crippen LogP contribution >= 0.6 is 0 Å². The van der Waals surface area contributed by atoms with Crippen LogP contribution in [0.3, 0.4) is 0 Å². The van der Waals surface area contributed by atoms with Gasteiger partial charge in [-0.25, -0.2) is 13.1 Å². The average Bonchev–Trinajstić information content (AvgIpc) is 2.75. The second kappa shape index (κ2) is 6.02. The summed E-state index contributed by atoms with van der Waals surface area (Å²) in [4.78, 5) is 14.3. The van der Waals surface area contributed by atoms with E-state index in [-0.39, 0.29) is 18.5 Å². The molecule has 1 saturated heterocycles. The highest BCUT2D eigenvalue weighted by Crippen LogP contribution is 2.21. The Morgan fingerprint density at radius 2 is 2.24 bits per heavy atom. The lowest BCUT2D eigenvalue weighted by Crippen LogP contribution is -2.49. The van der Waals surface area contributed by atoms with E-state index in [0.717, 1.165) is 25.5 Å². The minimum absolute atomic E-state index is 0.157. The lowest BCUT2D eigenvalue weighted by Gasteiger charge is -2.35. The van der Waals surface area contributed by atoms with Crippen LogP contribution in [0.15, 0.2) is 6.20 Å². The first-order chi connectivity index (χ1) is 9.79. The number of amides is 1. The van der Waals surface area contributed by atoms with Crippen LogP contribution in [0.25, 0.3) is 0 Å². The zero-order valence-corrected chi connectivity index (χ0v) is 13.1. The van der Waals surface area contributed by atoms with Crippen LogP contribution in [-0.4, -0.2) is 54.4 Å². The number of carbonyl (C=O) groups is 1. The van der Waals surface area contributed by atoms with Gasteiger partial charge in [0.15, 0.2) is 0 Å². The Morgan fingerprint density at radius 1 is 1.52 bits per heavy atom. The quantitative estimate of drug-likeness (QED) is 0.781. The molecule has 1 amide bonds. The number of rotatable bonds is 4. The van der Waals surface area contributed by atoms with Crippen molar-refractivity contribution in [3.8, 4) is 0 Å². The number of nitrogens with two attached hydrogens (primary N) is 1. The van der Waals surface area contributed by atoms with Gasteiger partial charge in [-0.15, -0.1) is 0 Å². The van der Waals surface area contributed by atoms with Gasteiger partial charge in [-0.1, -0.05) is 0 Å². The predicted molar refractivity (Wildman–Crippen MR) is 79.1 cm³/mol. The van der Waals surface area contributed by atoms with E-state index >= 15 is 0 Å². The molecule has 8 nitrogen and oxygen atoms in total. The van der Waals surface area contributed by atoms with Gasteiger partial charge in [0, 0.05) is 26.2 Å². The smallest absolute Gasteiger partial charge is 0.274 e. The van der Waals surface area contributed by atoms with Crippen molar-refractivity contribution in [3.63, 3.8) is 0 Å². The van der Waals surface area contributed by atoms with Gasteiger partial charge in [0.05, 0.1) is 18.1 Å². The van der Waals surface area contributed by atoms with Crippen LogP contribution in [0.1, 0.15) is 29.8 Å². The number of nitrogens with zero attached hydrogens (tertiary/aromatic N) is 3. The summed E-state index contributed by atoms with van der Waals surface area (Å²) in [6, 6.07) is -0.157. The van der Waals surface area contributed by atoms with Crippen LogP contribution in [0.4, 0.5) is 5.69 Å². The number of nitrogen functional groups attached to an aromatic ring is 1. The normalized spacial score (nSPS) is 19.7. The Bertz CT molecular complexity index is 605. The van der Waals surface area contributed by atoms with Gasteiger partial charge in [-0.3, -0.25) is 9.48 Å². The number of hydrogen-bond donors (Lipinski definition) is 2. The number of anilines is 1. The summed E-state index contributed by atoms with van der Waals surface area (Å²) < 4.78 is 26.4. The van der Waals surface area contributed by atoms with E-state index in [2.05, 4.69) is 9.82 Å². The molecular formula is C12H21N5O3S. The van der Waals surface area contributed by atoms with Crippen LogP contribution < -0.4 is 10.5 Å². The van der Waals surface area contributed by atoms with E-state index in [4.69, 9.17) is 5.73 Å². The minimum atomic E-state index is -3.27. The van der Waals surface area contributed by atoms with Crippen molar-refractivity contribution in [2.24, 2.45) is 7.05 Å². The summed E-state index contributed by atoms with van der Waals surface area (Å²) in [6.45, 7) is 0.821. The molecule has 0 bridgehead atoms. The number of piperidine rings is 1. The number of aryl methyl sites for hydroxylation is 1. The van der Waals surface area contributed by atoms with E-state index in [1.807, 2.05) is 0 Å². The van der Waals surface area contributed by atoms with E-state index < -0.39 is 10.0 Å². The van der Waals surface area contributed by atoms with Gasteiger partial charge in [-0.2, -0.15) is 5.10 Å². The number of likely N-dealkylation sites (tertiary alicyclic amines) is 1. The summed E-state index contributed by atoms with van der Waals surface area (Å²) in [7, 11) is -1.61. The first-order valence-electron chi connectivity index (χ1n) is 6.82. The van der Waals surface area contributed by atoms with Crippen molar-refractivity contribution in [2.45, 2.75) is 25.3 Å². The van der Waals surface area contributed by atoms with Crippen molar-refractivity contribution in [1.29, 1.82) is 0 Å². The molecular weight excluding hydrogens is 294 g/mol.